The summed E-state index contributed by atoms with van der Waals surface area (Å²) < 4.78 is 1.33. The van der Waals surface area contributed by atoms with Crippen molar-refractivity contribution in [3.05, 3.63) is 34.9 Å². The Morgan fingerprint density at radius 3 is 2.35 bits per heavy atom. The monoisotopic (exact) mass is 290 g/mol. The average Bonchev–Trinajstić information content (AvgIpc) is 2.46. The van der Waals surface area contributed by atoms with E-state index in [4.69, 9.17) is 17.0 Å². The van der Waals surface area contributed by atoms with Crippen LogP contribution in [0.3, 0.4) is 0 Å². The number of carbonyl (C=O) groups is 1. The van der Waals surface area contributed by atoms with Crippen LogP contribution in [0, 0.1) is 11.3 Å². The summed E-state index contributed by atoms with van der Waals surface area (Å²) in [5.74, 6) is -0.0724. The Morgan fingerprint density at radius 1 is 1.25 bits per heavy atom. The molecule has 1 aromatic rings. The number of amides is 1. The zero-order chi connectivity index (χ0) is 15.1. The molecule has 2 rings (SSSR count). The van der Waals surface area contributed by atoms with Crippen molar-refractivity contribution in [3.63, 3.8) is 0 Å². The van der Waals surface area contributed by atoms with Crippen LogP contribution in [0.15, 0.2) is 18.2 Å². The Kier molecular flexibility index (Phi) is 3.56. The fraction of sp³-hybridized carbons (Fsp3) is 0.500. The number of fused-ring (bicyclic) bond motifs is 1. The van der Waals surface area contributed by atoms with Gasteiger partial charge in [-0.1, -0.05) is 19.9 Å². The predicted molar refractivity (Wildman–Crippen MR) is 79.1 cm³/mol. The van der Waals surface area contributed by atoms with Gasteiger partial charge >= 0.3 is 0 Å². The maximum Gasteiger partial charge on any atom is 0.248 e. The van der Waals surface area contributed by atoms with E-state index in [2.05, 4.69) is 6.07 Å². The molecule has 0 fully saturated rings. The van der Waals surface area contributed by atoms with Crippen LogP contribution >= 0.6 is 11.8 Å². The van der Waals surface area contributed by atoms with Crippen LogP contribution in [0.4, 0.5) is 0 Å². The fourth-order valence-electron chi connectivity index (χ4n) is 3.14. The van der Waals surface area contributed by atoms with Crippen molar-refractivity contribution in [1.29, 1.82) is 5.26 Å². The molecule has 0 aliphatic carbocycles. The first-order valence-electron chi connectivity index (χ1n) is 6.90. The van der Waals surface area contributed by atoms with E-state index in [-0.39, 0.29) is 5.91 Å². The predicted octanol–water partition coefficient (Wildman–Crippen LogP) is 3.85. The third-order valence-electron chi connectivity index (χ3n) is 4.61. The zero-order valence-electron chi connectivity index (χ0n) is 12.3. The van der Waals surface area contributed by atoms with E-state index in [0.717, 1.165) is 11.1 Å². The Hall–Kier alpha value is -1.53. The molecule has 3 nitrogen and oxygen atoms in total. The number of benzene rings is 1. The van der Waals surface area contributed by atoms with Gasteiger partial charge in [0, 0.05) is 11.8 Å². The number of rotatable bonds is 2. The van der Waals surface area contributed by atoms with Gasteiger partial charge in [0.15, 0.2) is 0 Å². The lowest BCUT2D eigenvalue weighted by atomic mass is 9.66. The van der Waals surface area contributed by atoms with Gasteiger partial charge in [0.25, 0.3) is 0 Å². The first kappa shape index (κ1) is 14.9. The van der Waals surface area contributed by atoms with Gasteiger partial charge in [0.1, 0.15) is 0 Å². The molecular formula is C16H19ClN2O. The molecule has 20 heavy (non-hydrogen) atoms. The lowest BCUT2D eigenvalue weighted by Gasteiger charge is -2.48. The summed E-state index contributed by atoms with van der Waals surface area (Å²) in [5.41, 5.74) is 1.36. The third-order valence-corrected chi connectivity index (χ3v) is 5.19. The fourth-order valence-corrected chi connectivity index (χ4v) is 3.39. The smallest absolute Gasteiger partial charge is 0.248 e. The minimum Gasteiger partial charge on any atom is -0.272 e. The van der Waals surface area contributed by atoms with Gasteiger partial charge in [-0.3, -0.25) is 4.79 Å². The molecule has 1 heterocycles. The first-order chi connectivity index (χ1) is 9.35. The Labute approximate surface area is 125 Å². The first-order valence-corrected chi connectivity index (χ1v) is 7.24. The lowest BCUT2D eigenvalue weighted by molar-refractivity contribution is -0.138. The van der Waals surface area contributed by atoms with Crippen LogP contribution in [-0.2, 0) is 15.7 Å². The van der Waals surface area contributed by atoms with E-state index >= 15 is 0 Å². The van der Waals surface area contributed by atoms with Crippen molar-refractivity contribution in [2.75, 3.05) is 0 Å². The zero-order valence-corrected chi connectivity index (χ0v) is 13.1. The molecule has 0 N–H and O–H groups in total. The third kappa shape index (κ3) is 1.75. The van der Waals surface area contributed by atoms with Crippen molar-refractivity contribution in [1.82, 2.24) is 4.42 Å². The standard InChI is InChI=1S/C16H19ClN2O/c1-5-16(6-2)13-9-11(10-18)7-8-12(13)15(3,4)19(17)14(16)20/h7-9H,5-6H2,1-4H3. The molecule has 1 aromatic carbocycles. The maximum atomic E-state index is 12.8. The van der Waals surface area contributed by atoms with Crippen LogP contribution in [0.1, 0.15) is 57.2 Å². The molecule has 0 atom stereocenters. The second kappa shape index (κ2) is 4.79. The Balaban J connectivity index is 2.83. The summed E-state index contributed by atoms with van der Waals surface area (Å²) in [4.78, 5) is 12.8. The topological polar surface area (TPSA) is 44.1 Å². The van der Waals surface area contributed by atoms with Crippen LogP contribution in [0.25, 0.3) is 0 Å². The summed E-state index contributed by atoms with van der Waals surface area (Å²) in [7, 11) is 0. The van der Waals surface area contributed by atoms with Gasteiger partial charge in [-0.05, 0) is 49.9 Å². The van der Waals surface area contributed by atoms with Gasteiger partial charge in [0.05, 0.1) is 22.6 Å². The van der Waals surface area contributed by atoms with Crippen LogP contribution < -0.4 is 0 Å². The normalized spacial score (nSPS) is 19.4. The number of nitrogens with zero attached hydrogens (tertiary/aromatic N) is 2. The number of halogens is 1. The SMILES string of the molecule is CCC1(CC)C(=O)N(Cl)C(C)(C)c2ccc(C#N)cc21. The van der Waals surface area contributed by atoms with E-state index in [0.29, 0.717) is 18.4 Å². The summed E-state index contributed by atoms with van der Waals surface area (Å²) in [6.45, 7) is 7.84. The van der Waals surface area contributed by atoms with Gasteiger partial charge in [0.2, 0.25) is 5.91 Å². The molecule has 106 valence electrons. The number of hydrogen-bond donors (Lipinski definition) is 0. The quantitative estimate of drug-likeness (QED) is 0.777. The van der Waals surface area contributed by atoms with Gasteiger partial charge in [-0.25, -0.2) is 4.42 Å². The maximum absolute atomic E-state index is 12.8. The highest BCUT2D eigenvalue weighted by Gasteiger charge is 2.51. The Morgan fingerprint density at radius 2 is 1.85 bits per heavy atom. The molecule has 4 heteroatoms. The van der Waals surface area contributed by atoms with Gasteiger partial charge in [-0.15, -0.1) is 0 Å². The lowest BCUT2D eigenvalue weighted by Crippen LogP contribution is -2.55. The van der Waals surface area contributed by atoms with E-state index in [1.54, 1.807) is 6.07 Å². The molecule has 0 aromatic heterocycles. The number of carbonyl (C=O) groups excluding carboxylic acids is 1. The second-order valence-electron chi connectivity index (χ2n) is 5.81. The van der Waals surface area contributed by atoms with E-state index < -0.39 is 11.0 Å². The molecule has 0 saturated heterocycles. The highest BCUT2D eigenvalue weighted by molar-refractivity contribution is 6.23. The van der Waals surface area contributed by atoms with E-state index in [1.807, 2.05) is 39.8 Å². The van der Waals surface area contributed by atoms with Crippen molar-refractivity contribution < 1.29 is 4.79 Å². The summed E-state index contributed by atoms with van der Waals surface area (Å²) in [6.07, 6.45) is 1.34. The molecule has 1 aliphatic heterocycles. The minimum atomic E-state index is -0.626. The highest BCUT2D eigenvalue weighted by atomic mass is 35.5. The van der Waals surface area contributed by atoms with Crippen LogP contribution in [0.5, 0.6) is 0 Å². The summed E-state index contributed by atoms with van der Waals surface area (Å²) in [6, 6.07) is 7.73. The van der Waals surface area contributed by atoms with Gasteiger partial charge < -0.3 is 0 Å². The molecule has 0 saturated carbocycles. The molecule has 1 amide bonds. The van der Waals surface area contributed by atoms with Crippen LogP contribution in [0.2, 0.25) is 0 Å². The Bertz CT molecular complexity index is 597. The van der Waals surface area contributed by atoms with E-state index in [9.17, 15) is 4.79 Å². The average molecular weight is 291 g/mol. The minimum absolute atomic E-state index is 0.0724. The van der Waals surface area contributed by atoms with Crippen molar-refractivity contribution >= 4 is 17.7 Å². The van der Waals surface area contributed by atoms with Crippen molar-refractivity contribution in [2.45, 2.75) is 51.5 Å². The molecular weight excluding hydrogens is 272 g/mol. The molecule has 1 aliphatic rings. The van der Waals surface area contributed by atoms with Crippen LogP contribution in [-0.4, -0.2) is 10.3 Å². The molecule has 0 radical (unpaired) electrons. The highest BCUT2D eigenvalue weighted by Crippen LogP contribution is 2.48. The summed E-state index contributed by atoms with van der Waals surface area (Å²) in [5, 5.41) is 9.13. The molecule has 0 bridgehead atoms. The van der Waals surface area contributed by atoms with E-state index in [1.165, 1.54) is 4.42 Å². The largest absolute Gasteiger partial charge is 0.272 e. The molecule has 0 spiro atoms. The van der Waals surface area contributed by atoms with Crippen molar-refractivity contribution in [2.24, 2.45) is 0 Å². The summed E-state index contributed by atoms with van der Waals surface area (Å²) >= 11 is 6.32. The van der Waals surface area contributed by atoms with Crippen molar-refractivity contribution in [3.8, 4) is 6.07 Å². The second-order valence-corrected chi connectivity index (χ2v) is 6.14. The number of hydrogen-bond acceptors (Lipinski definition) is 2. The van der Waals surface area contributed by atoms with Gasteiger partial charge in [-0.2, -0.15) is 5.26 Å². The molecule has 0 unspecified atom stereocenters. The number of nitriles is 1.